The van der Waals surface area contributed by atoms with Gasteiger partial charge in [0.05, 0.1) is 11.6 Å². The lowest BCUT2D eigenvalue weighted by atomic mass is 10.1. The number of halogens is 1. The van der Waals surface area contributed by atoms with Crippen molar-refractivity contribution in [1.82, 2.24) is 0 Å². The van der Waals surface area contributed by atoms with E-state index in [0.717, 1.165) is 22.3 Å². The minimum Gasteiger partial charge on any atom is -0.380 e. The Morgan fingerprint density at radius 3 is 2.88 bits per heavy atom. The molecule has 0 bridgehead atoms. The molecule has 4 heteroatoms. The molecule has 0 atom stereocenters. The van der Waals surface area contributed by atoms with Gasteiger partial charge in [0, 0.05) is 27.0 Å². The van der Waals surface area contributed by atoms with Crippen LogP contribution < -0.4 is 5.32 Å². The highest BCUT2D eigenvalue weighted by Gasteiger charge is 2.01. The zero-order valence-electron chi connectivity index (χ0n) is 9.33. The second-order valence-electron chi connectivity index (χ2n) is 3.73. The third-order valence-corrected chi connectivity index (χ3v) is 4.14. The number of hydrogen-bond acceptors (Lipinski definition) is 3. The molecule has 1 N–H and O–H groups in total. The third-order valence-electron chi connectivity index (χ3n) is 2.44. The van der Waals surface area contributed by atoms with Crippen molar-refractivity contribution in [3.8, 4) is 6.07 Å². The summed E-state index contributed by atoms with van der Waals surface area (Å²) in [6.45, 7) is 2.82. The molecule has 1 heterocycles. The fraction of sp³-hybridized carbons (Fsp3) is 0.154. The number of nitriles is 1. The summed E-state index contributed by atoms with van der Waals surface area (Å²) in [5, 5.41) is 14.3. The highest BCUT2D eigenvalue weighted by molar-refractivity contribution is 9.10. The normalized spacial score (nSPS) is 9.94. The number of aryl methyl sites for hydroxylation is 1. The van der Waals surface area contributed by atoms with Crippen LogP contribution in [0.25, 0.3) is 0 Å². The zero-order valence-corrected chi connectivity index (χ0v) is 11.7. The molecule has 0 saturated carbocycles. The minimum absolute atomic E-state index is 0.686. The van der Waals surface area contributed by atoms with Gasteiger partial charge in [-0.15, -0.1) is 11.3 Å². The van der Waals surface area contributed by atoms with Crippen molar-refractivity contribution < 1.29 is 0 Å². The number of thiophene rings is 1. The molecule has 2 nitrogen and oxygen atoms in total. The molecule has 0 spiro atoms. The van der Waals surface area contributed by atoms with E-state index in [1.165, 1.54) is 4.88 Å². The monoisotopic (exact) mass is 306 g/mol. The summed E-state index contributed by atoms with van der Waals surface area (Å²) in [5.41, 5.74) is 2.86. The molecule has 0 unspecified atom stereocenters. The van der Waals surface area contributed by atoms with E-state index in [4.69, 9.17) is 5.26 Å². The summed E-state index contributed by atoms with van der Waals surface area (Å²) in [5.74, 6) is 0. The molecule has 0 aliphatic heterocycles. The maximum Gasteiger partial charge on any atom is 0.0992 e. The Morgan fingerprint density at radius 2 is 2.24 bits per heavy atom. The van der Waals surface area contributed by atoms with Crippen LogP contribution in [0, 0.1) is 18.3 Å². The maximum atomic E-state index is 8.86. The Bertz CT molecular complexity index is 569. The molecule has 0 aliphatic rings. The summed E-state index contributed by atoms with van der Waals surface area (Å²) in [7, 11) is 0. The summed E-state index contributed by atoms with van der Waals surface area (Å²) in [6, 6.07) is 9.94. The number of hydrogen-bond donors (Lipinski definition) is 1. The van der Waals surface area contributed by atoms with Gasteiger partial charge >= 0.3 is 0 Å². The first-order valence-corrected chi connectivity index (χ1v) is 6.84. The number of benzene rings is 1. The van der Waals surface area contributed by atoms with Crippen molar-refractivity contribution in [1.29, 1.82) is 5.26 Å². The highest BCUT2D eigenvalue weighted by Crippen LogP contribution is 2.22. The molecule has 17 heavy (non-hydrogen) atoms. The van der Waals surface area contributed by atoms with Crippen LogP contribution in [0.2, 0.25) is 0 Å². The van der Waals surface area contributed by atoms with Crippen molar-refractivity contribution in [2.24, 2.45) is 0 Å². The molecule has 0 saturated heterocycles. The minimum atomic E-state index is 0.686. The van der Waals surface area contributed by atoms with Gasteiger partial charge in [-0.1, -0.05) is 6.07 Å². The molecule has 1 aromatic carbocycles. The van der Waals surface area contributed by atoms with Gasteiger partial charge in [0.1, 0.15) is 0 Å². The maximum absolute atomic E-state index is 8.86. The lowest BCUT2D eigenvalue weighted by molar-refractivity contribution is 1.18. The van der Waals surface area contributed by atoms with Crippen LogP contribution in [0.1, 0.15) is 16.0 Å². The average molecular weight is 307 g/mol. The Kier molecular flexibility index (Phi) is 3.82. The van der Waals surface area contributed by atoms with Gasteiger partial charge in [-0.2, -0.15) is 5.26 Å². The van der Waals surface area contributed by atoms with E-state index in [9.17, 15) is 0 Å². The first-order chi connectivity index (χ1) is 8.19. The van der Waals surface area contributed by atoms with Gasteiger partial charge in [0.15, 0.2) is 0 Å². The second-order valence-corrected chi connectivity index (χ2v) is 5.64. The summed E-state index contributed by atoms with van der Waals surface area (Å²) in [4.78, 5) is 1.26. The van der Waals surface area contributed by atoms with Crippen LogP contribution in [0.4, 0.5) is 5.69 Å². The van der Waals surface area contributed by atoms with Crippen LogP contribution in [0.3, 0.4) is 0 Å². The fourth-order valence-electron chi connectivity index (χ4n) is 1.51. The van der Waals surface area contributed by atoms with E-state index < -0.39 is 0 Å². The lowest BCUT2D eigenvalue weighted by Gasteiger charge is -2.08. The quantitative estimate of drug-likeness (QED) is 0.917. The molecule has 2 rings (SSSR count). The van der Waals surface area contributed by atoms with Crippen molar-refractivity contribution in [3.05, 3.63) is 50.1 Å². The van der Waals surface area contributed by atoms with Crippen LogP contribution >= 0.6 is 27.3 Å². The van der Waals surface area contributed by atoms with Gasteiger partial charge < -0.3 is 5.32 Å². The van der Waals surface area contributed by atoms with E-state index in [0.29, 0.717) is 5.56 Å². The van der Waals surface area contributed by atoms with E-state index in [1.54, 1.807) is 11.3 Å². The SMILES string of the molecule is Cc1ccc(C#N)cc1NCc1cc(Br)cs1. The molecule has 0 radical (unpaired) electrons. The zero-order chi connectivity index (χ0) is 12.3. The summed E-state index contributed by atoms with van der Waals surface area (Å²) >= 11 is 5.15. The van der Waals surface area contributed by atoms with E-state index in [-0.39, 0.29) is 0 Å². The van der Waals surface area contributed by atoms with Crippen molar-refractivity contribution in [2.75, 3.05) is 5.32 Å². The van der Waals surface area contributed by atoms with E-state index in [1.807, 2.05) is 25.1 Å². The Morgan fingerprint density at radius 1 is 1.41 bits per heavy atom. The fourth-order valence-corrected chi connectivity index (χ4v) is 2.90. The topological polar surface area (TPSA) is 35.8 Å². The smallest absolute Gasteiger partial charge is 0.0992 e. The van der Waals surface area contributed by atoms with Crippen LogP contribution in [0.5, 0.6) is 0 Å². The molecule has 86 valence electrons. The number of nitrogens with one attached hydrogen (secondary N) is 1. The molecular weight excluding hydrogens is 296 g/mol. The van der Waals surface area contributed by atoms with Crippen molar-refractivity contribution in [2.45, 2.75) is 13.5 Å². The number of anilines is 1. The second kappa shape index (κ2) is 5.35. The van der Waals surface area contributed by atoms with Gasteiger partial charge in [-0.05, 0) is 46.6 Å². The molecule has 0 amide bonds. The predicted molar refractivity (Wildman–Crippen MR) is 75.2 cm³/mol. The Balaban J connectivity index is 2.11. The standard InChI is InChI=1S/C13H11BrN2S/c1-9-2-3-10(6-15)4-13(9)16-7-12-5-11(14)8-17-12/h2-5,8,16H,7H2,1H3. The first kappa shape index (κ1) is 12.2. The van der Waals surface area contributed by atoms with Crippen LogP contribution in [-0.4, -0.2) is 0 Å². The number of rotatable bonds is 3. The van der Waals surface area contributed by atoms with E-state index >= 15 is 0 Å². The van der Waals surface area contributed by atoms with Crippen LogP contribution in [0.15, 0.2) is 34.1 Å². The lowest BCUT2D eigenvalue weighted by Crippen LogP contribution is -1.99. The molecule has 0 fully saturated rings. The largest absolute Gasteiger partial charge is 0.380 e. The van der Waals surface area contributed by atoms with Gasteiger partial charge in [0.25, 0.3) is 0 Å². The highest BCUT2D eigenvalue weighted by atomic mass is 79.9. The molecular formula is C13H11BrN2S. The van der Waals surface area contributed by atoms with Gasteiger partial charge in [0.2, 0.25) is 0 Å². The van der Waals surface area contributed by atoms with Gasteiger partial charge in [-0.3, -0.25) is 0 Å². The molecule has 2 aromatic rings. The predicted octanol–water partition coefficient (Wildman–Crippen LogP) is 4.30. The third kappa shape index (κ3) is 3.09. The van der Waals surface area contributed by atoms with Crippen molar-refractivity contribution in [3.63, 3.8) is 0 Å². The van der Waals surface area contributed by atoms with Gasteiger partial charge in [-0.25, -0.2) is 0 Å². The Hall–Kier alpha value is -1.31. The summed E-state index contributed by atoms with van der Waals surface area (Å²) < 4.78 is 1.11. The Labute approximate surface area is 113 Å². The average Bonchev–Trinajstić information content (AvgIpc) is 2.74. The molecule has 1 aromatic heterocycles. The first-order valence-electron chi connectivity index (χ1n) is 5.16. The van der Waals surface area contributed by atoms with Crippen molar-refractivity contribution >= 4 is 33.0 Å². The number of nitrogens with zero attached hydrogens (tertiary/aromatic N) is 1. The van der Waals surface area contributed by atoms with E-state index in [2.05, 4.69) is 38.8 Å². The summed E-state index contributed by atoms with van der Waals surface area (Å²) in [6.07, 6.45) is 0. The molecule has 0 aliphatic carbocycles. The van der Waals surface area contributed by atoms with Crippen LogP contribution in [-0.2, 0) is 6.54 Å².